The predicted octanol–water partition coefficient (Wildman–Crippen LogP) is 4.83. The van der Waals surface area contributed by atoms with Crippen molar-refractivity contribution >= 4 is 22.8 Å². The lowest BCUT2D eigenvalue weighted by molar-refractivity contribution is 0.391. The summed E-state index contributed by atoms with van der Waals surface area (Å²) >= 11 is 0. The fourth-order valence-electron chi connectivity index (χ4n) is 4.10. The number of nitrogens with one attached hydrogen (secondary N) is 1. The van der Waals surface area contributed by atoms with Crippen LogP contribution in [0.15, 0.2) is 66.9 Å². The molecule has 2 aromatic carbocycles. The zero-order valence-electron chi connectivity index (χ0n) is 17.2. The van der Waals surface area contributed by atoms with Crippen molar-refractivity contribution in [3.63, 3.8) is 0 Å². The zero-order valence-corrected chi connectivity index (χ0v) is 17.2. The second-order valence-electron chi connectivity index (χ2n) is 8.09. The number of benzene rings is 2. The first-order valence-electron chi connectivity index (χ1n) is 10.7. The lowest BCUT2D eigenvalue weighted by atomic mass is 9.85. The van der Waals surface area contributed by atoms with Crippen LogP contribution in [0.4, 0.5) is 17.2 Å². The van der Waals surface area contributed by atoms with Gasteiger partial charge < -0.3 is 21.5 Å². The van der Waals surface area contributed by atoms with E-state index in [2.05, 4.69) is 10.4 Å². The topological polar surface area (TPSA) is 103 Å². The number of fused-ring (bicyclic) bond motifs is 1. The minimum Gasteiger partial charge on any atom is -0.457 e. The minimum atomic E-state index is 0.313. The van der Waals surface area contributed by atoms with E-state index in [0.29, 0.717) is 17.8 Å². The van der Waals surface area contributed by atoms with Crippen LogP contribution in [0, 0.1) is 0 Å². The van der Waals surface area contributed by atoms with Crippen LogP contribution >= 0.6 is 0 Å². The van der Waals surface area contributed by atoms with Gasteiger partial charge in [-0.1, -0.05) is 18.2 Å². The normalized spacial score (nSPS) is 18.7. The van der Waals surface area contributed by atoms with Crippen LogP contribution in [0.25, 0.3) is 5.65 Å². The number of nitrogen functional groups attached to an aromatic ring is 1. The van der Waals surface area contributed by atoms with Gasteiger partial charge in [-0.2, -0.15) is 0 Å². The molecule has 158 valence electrons. The van der Waals surface area contributed by atoms with E-state index in [9.17, 15) is 0 Å². The second-order valence-corrected chi connectivity index (χ2v) is 8.09. The molecule has 5 rings (SSSR count). The van der Waals surface area contributed by atoms with Gasteiger partial charge in [0, 0.05) is 23.7 Å². The molecule has 7 heteroatoms. The van der Waals surface area contributed by atoms with Gasteiger partial charge >= 0.3 is 0 Å². The molecule has 0 bridgehead atoms. The molecule has 4 aromatic rings. The molecule has 7 nitrogen and oxygen atoms in total. The molecule has 1 saturated carbocycles. The van der Waals surface area contributed by atoms with Gasteiger partial charge in [0.25, 0.3) is 0 Å². The Morgan fingerprint density at radius 2 is 1.65 bits per heavy atom. The lowest BCUT2D eigenvalue weighted by Crippen LogP contribution is -2.25. The summed E-state index contributed by atoms with van der Waals surface area (Å²) in [5.74, 6) is 2.44. The Kier molecular flexibility index (Phi) is 5.18. The fourth-order valence-corrected chi connectivity index (χ4v) is 4.10. The quantitative estimate of drug-likeness (QED) is 0.432. The van der Waals surface area contributed by atoms with Crippen molar-refractivity contribution in [3.8, 4) is 11.5 Å². The van der Waals surface area contributed by atoms with Gasteiger partial charge in [-0.3, -0.25) is 0 Å². The van der Waals surface area contributed by atoms with Gasteiger partial charge in [-0.25, -0.2) is 9.50 Å². The monoisotopic (exact) mass is 414 g/mol. The third-order valence-electron chi connectivity index (χ3n) is 5.77. The summed E-state index contributed by atoms with van der Waals surface area (Å²) in [7, 11) is 0. The molecule has 0 spiro atoms. The average molecular weight is 415 g/mol. The molecule has 2 heterocycles. The Morgan fingerprint density at radius 3 is 2.39 bits per heavy atom. The Bertz CT molecular complexity index is 1160. The first kappa shape index (κ1) is 19.4. The van der Waals surface area contributed by atoms with Crippen molar-refractivity contribution in [3.05, 3.63) is 72.6 Å². The van der Waals surface area contributed by atoms with E-state index >= 15 is 0 Å². The number of anilines is 3. The Morgan fingerprint density at radius 1 is 0.935 bits per heavy atom. The fraction of sp³-hybridized carbons (Fsp3) is 0.250. The summed E-state index contributed by atoms with van der Waals surface area (Å²) in [6, 6.07) is 19.6. The molecule has 1 aliphatic carbocycles. The van der Waals surface area contributed by atoms with Gasteiger partial charge in [-0.15, -0.1) is 5.10 Å². The van der Waals surface area contributed by atoms with E-state index in [0.717, 1.165) is 59.9 Å². The van der Waals surface area contributed by atoms with Crippen molar-refractivity contribution in [1.82, 2.24) is 14.6 Å². The van der Waals surface area contributed by atoms with Crippen LogP contribution in [-0.2, 0) is 0 Å². The number of para-hydroxylation sites is 1. The summed E-state index contributed by atoms with van der Waals surface area (Å²) < 4.78 is 7.64. The van der Waals surface area contributed by atoms with Crippen LogP contribution in [0.3, 0.4) is 0 Å². The summed E-state index contributed by atoms with van der Waals surface area (Å²) in [6.45, 7) is 0. The van der Waals surface area contributed by atoms with Crippen LogP contribution in [0.2, 0.25) is 0 Å². The zero-order chi connectivity index (χ0) is 21.2. The number of nitrogens with zero attached hydrogens (tertiary/aromatic N) is 3. The van der Waals surface area contributed by atoms with E-state index in [4.69, 9.17) is 21.2 Å². The molecule has 0 atom stereocenters. The molecule has 0 unspecified atom stereocenters. The van der Waals surface area contributed by atoms with E-state index < -0.39 is 0 Å². The third-order valence-corrected chi connectivity index (χ3v) is 5.77. The van der Waals surface area contributed by atoms with Crippen LogP contribution in [0.5, 0.6) is 11.5 Å². The molecule has 5 N–H and O–H groups in total. The number of imidazole rings is 1. The number of aromatic nitrogens is 3. The molecule has 0 radical (unpaired) electrons. The highest BCUT2D eigenvalue weighted by atomic mass is 16.5. The van der Waals surface area contributed by atoms with Crippen LogP contribution in [-0.4, -0.2) is 20.6 Å². The standard InChI is InChI=1S/C24H26N6O/c25-17-8-6-16(7-9-17)22-15-30-24(28-22)21(14-23(26)29-30)27-18-10-12-20(13-11-18)31-19-4-2-1-3-5-19/h1-5,10-17,27H,6-9,25H2,(H2,26,29). The Labute approximate surface area is 181 Å². The summed E-state index contributed by atoms with van der Waals surface area (Å²) in [5.41, 5.74) is 15.7. The molecule has 0 amide bonds. The number of rotatable bonds is 5. The van der Waals surface area contributed by atoms with E-state index in [1.54, 1.807) is 4.52 Å². The minimum absolute atomic E-state index is 0.313. The summed E-state index contributed by atoms with van der Waals surface area (Å²) in [5, 5.41) is 7.84. The van der Waals surface area contributed by atoms with Crippen molar-refractivity contribution in [1.29, 1.82) is 0 Å². The highest BCUT2D eigenvalue weighted by molar-refractivity contribution is 5.75. The van der Waals surface area contributed by atoms with E-state index in [-0.39, 0.29) is 0 Å². The first-order valence-corrected chi connectivity index (χ1v) is 10.7. The van der Waals surface area contributed by atoms with Crippen molar-refractivity contribution in [2.45, 2.75) is 37.6 Å². The molecule has 1 fully saturated rings. The third kappa shape index (κ3) is 4.32. The lowest BCUT2D eigenvalue weighted by Gasteiger charge is -2.24. The molecule has 31 heavy (non-hydrogen) atoms. The van der Waals surface area contributed by atoms with Gasteiger partial charge in [-0.05, 0) is 62.1 Å². The van der Waals surface area contributed by atoms with Crippen molar-refractivity contribution < 1.29 is 4.74 Å². The predicted molar refractivity (Wildman–Crippen MR) is 123 cm³/mol. The van der Waals surface area contributed by atoms with E-state index in [1.807, 2.05) is 66.9 Å². The largest absolute Gasteiger partial charge is 0.457 e. The smallest absolute Gasteiger partial charge is 0.177 e. The summed E-state index contributed by atoms with van der Waals surface area (Å²) in [4.78, 5) is 4.89. The van der Waals surface area contributed by atoms with Crippen LogP contribution in [0.1, 0.15) is 37.3 Å². The maximum Gasteiger partial charge on any atom is 0.177 e. The second kappa shape index (κ2) is 8.28. The summed E-state index contributed by atoms with van der Waals surface area (Å²) in [6.07, 6.45) is 6.20. The molecule has 2 aromatic heterocycles. The van der Waals surface area contributed by atoms with Crippen molar-refractivity contribution in [2.24, 2.45) is 5.73 Å². The molecule has 0 saturated heterocycles. The van der Waals surface area contributed by atoms with E-state index in [1.165, 1.54) is 0 Å². The highest BCUT2D eigenvalue weighted by Gasteiger charge is 2.23. The average Bonchev–Trinajstić information content (AvgIpc) is 3.20. The highest BCUT2D eigenvalue weighted by Crippen LogP contribution is 2.33. The van der Waals surface area contributed by atoms with Gasteiger partial charge in [0.2, 0.25) is 0 Å². The molecular weight excluding hydrogens is 388 g/mol. The Balaban J connectivity index is 1.37. The molecule has 1 aliphatic rings. The van der Waals surface area contributed by atoms with Gasteiger partial charge in [0.1, 0.15) is 17.3 Å². The van der Waals surface area contributed by atoms with Gasteiger partial charge in [0.05, 0.1) is 17.6 Å². The number of hydrogen-bond donors (Lipinski definition) is 3. The van der Waals surface area contributed by atoms with Gasteiger partial charge in [0.15, 0.2) is 5.65 Å². The number of nitrogens with two attached hydrogens (primary N) is 2. The Hall–Kier alpha value is -3.58. The maximum atomic E-state index is 6.06. The molecular formula is C24H26N6O. The van der Waals surface area contributed by atoms with Crippen LogP contribution < -0.4 is 21.5 Å². The first-order chi connectivity index (χ1) is 15.1. The molecule has 0 aliphatic heterocycles. The SMILES string of the molecule is Nc1cc(Nc2ccc(Oc3ccccc3)cc2)c2nc(C3CCC(N)CC3)cn2n1. The number of hydrogen-bond acceptors (Lipinski definition) is 6. The number of ether oxygens (including phenoxy) is 1. The maximum absolute atomic E-state index is 6.06. The van der Waals surface area contributed by atoms with Crippen molar-refractivity contribution in [2.75, 3.05) is 11.1 Å².